The number of aromatic nitrogens is 6. The van der Waals surface area contributed by atoms with Crippen LogP contribution < -0.4 is 10.1 Å². The molecule has 1 atom stereocenters. The topological polar surface area (TPSA) is 117 Å². The van der Waals surface area contributed by atoms with Crippen molar-refractivity contribution in [1.82, 2.24) is 29.1 Å². The number of halogens is 1. The third-order valence-corrected chi connectivity index (χ3v) is 5.07. The minimum atomic E-state index is -0.971. The number of benzene rings is 1. The van der Waals surface area contributed by atoms with E-state index in [1.807, 2.05) is 18.2 Å². The molecule has 4 rings (SSSR count). The van der Waals surface area contributed by atoms with Gasteiger partial charge in [-0.25, -0.2) is 19.6 Å². The van der Waals surface area contributed by atoms with Crippen molar-refractivity contribution in [2.24, 2.45) is 0 Å². The second-order valence-electron chi connectivity index (χ2n) is 6.12. The van der Waals surface area contributed by atoms with Crippen LogP contribution in [-0.2, 0) is 9.53 Å². The summed E-state index contributed by atoms with van der Waals surface area (Å²) >= 11 is 7.37. The molecule has 0 saturated carbocycles. The van der Waals surface area contributed by atoms with E-state index in [1.54, 1.807) is 23.9 Å². The van der Waals surface area contributed by atoms with Crippen molar-refractivity contribution in [1.29, 1.82) is 0 Å². The number of hydrogen-bond donors (Lipinski definition) is 1. The molecule has 0 aliphatic heterocycles. The Hall–Kier alpha value is -3.15. The quantitative estimate of drug-likeness (QED) is 0.461. The minimum absolute atomic E-state index is 0.00770. The van der Waals surface area contributed by atoms with Crippen LogP contribution in [-0.4, -0.2) is 54.8 Å². The van der Waals surface area contributed by atoms with E-state index < -0.39 is 12.0 Å². The van der Waals surface area contributed by atoms with Crippen molar-refractivity contribution in [3.05, 3.63) is 47.6 Å². The van der Waals surface area contributed by atoms with Gasteiger partial charge < -0.3 is 9.47 Å². The lowest BCUT2D eigenvalue weighted by Crippen LogP contribution is -2.37. The van der Waals surface area contributed by atoms with Crippen LogP contribution in [0.4, 0.5) is 5.13 Å². The Morgan fingerprint density at radius 1 is 1.33 bits per heavy atom. The van der Waals surface area contributed by atoms with Crippen molar-refractivity contribution < 1.29 is 14.3 Å². The first-order valence-corrected chi connectivity index (χ1v) is 9.92. The highest BCUT2D eigenvalue weighted by atomic mass is 35.5. The van der Waals surface area contributed by atoms with Gasteiger partial charge in [-0.05, 0) is 19.1 Å². The number of para-hydroxylation sites is 1. The SMILES string of the molecule is COC[C@H](Oc1ncnc2c1cnn2-c1ccccc1Cl)C(=O)Nc1nc(C)ns1. The molecule has 0 unspecified atom stereocenters. The van der Waals surface area contributed by atoms with Crippen LogP contribution in [0.3, 0.4) is 0 Å². The average molecular weight is 446 g/mol. The second-order valence-corrected chi connectivity index (χ2v) is 7.28. The lowest BCUT2D eigenvalue weighted by atomic mass is 10.3. The number of nitrogens with one attached hydrogen (secondary N) is 1. The maximum Gasteiger partial charge on any atom is 0.269 e. The highest BCUT2D eigenvalue weighted by Gasteiger charge is 2.24. The Morgan fingerprint density at radius 2 is 2.17 bits per heavy atom. The van der Waals surface area contributed by atoms with Crippen LogP contribution in [0, 0.1) is 6.92 Å². The van der Waals surface area contributed by atoms with E-state index in [0.717, 1.165) is 11.5 Å². The molecule has 30 heavy (non-hydrogen) atoms. The van der Waals surface area contributed by atoms with E-state index in [4.69, 9.17) is 21.1 Å². The molecule has 1 amide bonds. The van der Waals surface area contributed by atoms with Gasteiger partial charge in [0, 0.05) is 18.6 Å². The molecule has 0 bridgehead atoms. The lowest BCUT2D eigenvalue weighted by molar-refractivity contribution is -0.125. The van der Waals surface area contributed by atoms with Crippen molar-refractivity contribution >= 4 is 45.2 Å². The maximum atomic E-state index is 12.7. The molecule has 1 aromatic carbocycles. The van der Waals surface area contributed by atoms with Crippen LogP contribution in [0.15, 0.2) is 36.8 Å². The Labute approximate surface area is 180 Å². The van der Waals surface area contributed by atoms with E-state index in [0.29, 0.717) is 32.7 Å². The summed E-state index contributed by atoms with van der Waals surface area (Å²) in [5.41, 5.74) is 1.15. The number of rotatable bonds is 7. The zero-order valence-corrected chi connectivity index (χ0v) is 17.5. The monoisotopic (exact) mass is 445 g/mol. The molecule has 3 aromatic heterocycles. The molecule has 0 fully saturated rings. The molecular formula is C18H16ClN7O3S. The van der Waals surface area contributed by atoms with E-state index in [9.17, 15) is 4.79 Å². The first-order chi connectivity index (χ1) is 14.6. The molecular weight excluding hydrogens is 430 g/mol. The smallest absolute Gasteiger partial charge is 0.269 e. The van der Waals surface area contributed by atoms with Gasteiger partial charge in [-0.1, -0.05) is 23.7 Å². The molecule has 0 saturated heterocycles. The van der Waals surface area contributed by atoms with E-state index in [-0.39, 0.29) is 12.5 Å². The normalized spacial score (nSPS) is 12.1. The molecule has 0 aliphatic rings. The molecule has 10 nitrogen and oxygen atoms in total. The molecule has 4 aromatic rings. The highest BCUT2D eigenvalue weighted by Crippen LogP contribution is 2.27. The first kappa shape index (κ1) is 20.1. The molecule has 12 heteroatoms. The van der Waals surface area contributed by atoms with Crippen molar-refractivity contribution in [3.8, 4) is 11.6 Å². The predicted molar refractivity (Wildman–Crippen MR) is 111 cm³/mol. The fourth-order valence-corrected chi connectivity index (χ4v) is 3.49. The Bertz CT molecular complexity index is 1200. The van der Waals surface area contributed by atoms with Crippen LogP contribution in [0.1, 0.15) is 5.82 Å². The molecule has 1 N–H and O–H groups in total. The first-order valence-electron chi connectivity index (χ1n) is 8.77. The van der Waals surface area contributed by atoms with Gasteiger partial charge in [-0.15, -0.1) is 0 Å². The van der Waals surface area contributed by atoms with E-state index in [1.165, 1.54) is 13.4 Å². The minimum Gasteiger partial charge on any atom is -0.461 e. The number of hydrogen-bond acceptors (Lipinski definition) is 9. The Morgan fingerprint density at radius 3 is 2.90 bits per heavy atom. The summed E-state index contributed by atoms with van der Waals surface area (Å²) in [7, 11) is 1.48. The van der Waals surface area contributed by atoms with Crippen LogP contribution in [0.5, 0.6) is 5.88 Å². The van der Waals surface area contributed by atoms with Gasteiger partial charge in [-0.3, -0.25) is 10.1 Å². The number of fused-ring (bicyclic) bond motifs is 1. The van der Waals surface area contributed by atoms with Gasteiger partial charge in [0.1, 0.15) is 17.5 Å². The van der Waals surface area contributed by atoms with Crippen LogP contribution in [0.25, 0.3) is 16.7 Å². The van der Waals surface area contributed by atoms with Gasteiger partial charge in [0.15, 0.2) is 5.65 Å². The van der Waals surface area contributed by atoms with Crippen LogP contribution >= 0.6 is 23.1 Å². The summed E-state index contributed by atoms with van der Waals surface area (Å²) < 4.78 is 16.6. The third kappa shape index (κ3) is 4.08. The standard InChI is InChI=1S/C18H16ClN7O3S/c1-10-23-18(30-25-10)24-16(27)14(8-28-2)29-17-11-7-22-26(15(11)20-9-21-17)13-6-4-3-5-12(13)19/h3-7,9,14H,8H2,1-2H3,(H,23,24,25,27)/t14-/m0/s1. The fourth-order valence-electron chi connectivity index (χ4n) is 2.70. The number of carbonyl (C=O) groups is 1. The average Bonchev–Trinajstić information content (AvgIpc) is 3.34. The predicted octanol–water partition coefficient (Wildman–Crippen LogP) is 2.66. The number of anilines is 1. The van der Waals surface area contributed by atoms with E-state index >= 15 is 0 Å². The number of ether oxygens (including phenoxy) is 2. The van der Waals surface area contributed by atoms with Gasteiger partial charge in [-0.2, -0.15) is 9.47 Å². The van der Waals surface area contributed by atoms with Crippen molar-refractivity contribution in [3.63, 3.8) is 0 Å². The summed E-state index contributed by atoms with van der Waals surface area (Å²) in [4.78, 5) is 25.2. The molecule has 0 radical (unpaired) electrons. The largest absolute Gasteiger partial charge is 0.461 e. The fraction of sp³-hybridized carbons (Fsp3) is 0.222. The summed E-state index contributed by atoms with van der Waals surface area (Å²) in [5, 5.41) is 8.45. The van der Waals surface area contributed by atoms with Crippen molar-refractivity contribution in [2.45, 2.75) is 13.0 Å². The molecule has 3 heterocycles. The number of carbonyl (C=O) groups excluding carboxylic acids is 1. The van der Waals surface area contributed by atoms with Gasteiger partial charge in [0.05, 0.1) is 23.5 Å². The molecule has 0 aliphatic carbocycles. The Kier molecular flexibility index (Phi) is 5.84. The summed E-state index contributed by atoms with van der Waals surface area (Å²) in [6.07, 6.45) is 1.92. The number of methoxy groups -OCH3 is 1. The Balaban J connectivity index is 1.63. The zero-order valence-electron chi connectivity index (χ0n) is 15.9. The zero-order chi connectivity index (χ0) is 21.1. The lowest BCUT2D eigenvalue weighted by Gasteiger charge is -2.16. The highest BCUT2D eigenvalue weighted by molar-refractivity contribution is 7.09. The van der Waals surface area contributed by atoms with Crippen LogP contribution in [0.2, 0.25) is 5.02 Å². The van der Waals surface area contributed by atoms with Gasteiger partial charge >= 0.3 is 0 Å². The number of nitrogens with zero attached hydrogens (tertiary/aromatic N) is 6. The molecule has 0 spiro atoms. The summed E-state index contributed by atoms with van der Waals surface area (Å²) in [6.45, 7) is 1.75. The number of amides is 1. The summed E-state index contributed by atoms with van der Waals surface area (Å²) in [5.74, 6) is 0.339. The van der Waals surface area contributed by atoms with Gasteiger partial charge in [0.25, 0.3) is 5.91 Å². The summed E-state index contributed by atoms with van der Waals surface area (Å²) in [6, 6.07) is 7.26. The second kappa shape index (κ2) is 8.69. The van der Waals surface area contributed by atoms with Crippen molar-refractivity contribution in [2.75, 3.05) is 19.0 Å². The third-order valence-electron chi connectivity index (χ3n) is 4.03. The number of aryl methyl sites for hydroxylation is 1. The van der Waals surface area contributed by atoms with Gasteiger partial charge in [0.2, 0.25) is 17.1 Å². The maximum absolute atomic E-state index is 12.7. The molecule has 154 valence electrons. The van der Waals surface area contributed by atoms with E-state index in [2.05, 4.69) is 29.7 Å².